The van der Waals surface area contributed by atoms with Crippen LogP contribution in [0.15, 0.2) is 0 Å². The molecule has 0 atom stereocenters. The first-order chi connectivity index (χ1) is 2.00. The van der Waals surface area contributed by atoms with Gasteiger partial charge in [-0.15, -0.1) is 0 Å². The molecule has 0 radical (unpaired) electrons. The number of hydrogen-bond acceptors (Lipinski definition) is 2. The fourth-order valence-corrected chi connectivity index (χ4v) is 0. The molecule has 0 aliphatic heterocycles. The normalized spacial score (nSPS) is 2.40. The van der Waals surface area contributed by atoms with E-state index in [1.54, 1.807) is 0 Å². The van der Waals surface area contributed by atoms with E-state index in [1.807, 2.05) is 0 Å². The molecule has 0 N–H and O–H groups in total. The summed E-state index contributed by atoms with van der Waals surface area (Å²) in [6, 6.07) is 0. The van der Waals surface area contributed by atoms with Crippen molar-refractivity contribution < 1.29 is 11.2 Å². The summed E-state index contributed by atoms with van der Waals surface area (Å²) in [5, 5.41) is 0. The van der Waals surface area contributed by atoms with E-state index >= 15 is 0 Å². The van der Waals surface area contributed by atoms with E-state index in [9.17, 15) is 0 Å². The standard InChI is InChI=1S/2In.3O/q2*+1;;;-2. The van der Waals surface area contributed by atoms with Crippen molar-refractivity contribution in [2.75, 3.05) is 0 Å². The first kappa shape index (κ1) is 16.3. The molecule has 0 aliphatic rings. The molecule has 0 fully saturated rings. The van der Waals surface area contributed by atoms with Crippen molar-refractivity contribution in [3.8, 4) is 0 Å². The molecule has 5 heavy (non-hydrogen) atoms. The van der Waals surface area contributed by atoms with E-state index < -0.39 is 0 Å². The van der Waals surface area contributed by atoms with E-state index in [0.717, 1.165) is 0 Å². The third-order valence-corrected chi connectivity index (χ3v) is 0. The van der Waals surface area contributed by atoms with E-state index in [-0.39, 0.29) is 54.2 Å². The topological polar surface area (TPSA) is 62.6 Å². The van der Waals surface area contributed by atoms with Crippen LogP contribution in [0.5, 0.6) is 0 Å². The van der Waals surface area contributed by atoms with Crippen LogP contribution >= 0.6 is 0 Å². The molecule has 0 saturated carbocycles. The summed E-state index contributed by atoms with van der Waals surface area (Å²) < 4.78 is 16.8. The molecule has 0 heterocycles. The molecule has 0 spiro atoms. The van der Waals surface area contributed by atoms with Crippen molar-refractivity contribution in [2.24, 2.45) is 0 Å². The third-order valence-electron chi connectivity index (χ3n) is 0. The first-order valence-electron chi connectivity index (χ1n) is 0.471. The quantitative estimate of drug-likeness (QED) is 0.563. The predicted octanol–water partition coefficient (Wildman–Crippen LogP) is -1.12. The summed E-state index contributed by atoms with van der Waals surface area (Å²) in [5.41, 5.74) is 0. The molecule has 5 heteroatoms. The van der Waals surface area contributed by atoms with Crippen molar-refractivity contribution in [3.05, 3.63) is 0 Å². The molecule has 0 bridgehead atoms. The Kier molecular flexibility index (Phi) is 188. The van der Waals surface area contributed by atoms with Gasteiger partial charge in [-0.05, 0) is 0 Å². The van der Waals surface area contributed by atoms with Crippen LogP contribution in [0.4, 0.5) is 0 Å². The van der Waals surface area contributed by atoms with Crippen LogP contribution < -0.4 is 0 Å². The molecule has 24 valence electrons. The van der Waals surface area contributed by atoms with Gasteiger partial charge in [0, 0.05) is 0 Å². The second-order valence-corrected chi connectivity index (χ2v) is 0. The third kappa shape index (κ3) is 34.1. The molecule has 0 saturated heterocycles. The Hall–Kier alpha value is 1.30. The van der Waals surface area contributed by atoms with Crippen LogP contribution in [-0.4, -0.2) is 48.8 Å². The second-order valence-electron chi connectivity index (χ2n) is 0. The zero-order valence-corrected chi connectivity index (χ0v) is 8.97. The van der Waals surface area contributed by atoms with Gasteiger partial charge in [0.15, 0.2) is 0 Å². The number of rotatable bonds is 0. The summed E-state index contributed by atoms with van der Waals surface area (Å²) in [6.07, 6.45) is 0. The molecule has 0 aliphatic carbocycles. The molecular formula is In2O3. The predicted molar refractivity (Wildman–Crippen MR) is 13.6 cm³/mol. The van der Waals surface area contributed by atoms with Crippen molar-refractivity contribution in [1.82, 2.24) is 0 Å². The van der Waals surface area contributed by atoms with Crippen LogP contribution in [0, 0.1) is 0 Å². The van der Waals surface area contributed by atoms with Gasteiger partial charge < -0.3 is 5.48 Å². The van der Waals surface area contributed by atoms with Gasteiger partial charge in [-0.2, -0.15) is 0 Å². The Morgan fingerprint density at radius 3 is 0.800 bits per heavy atom. The molecule has 0 unspecified atom stereocenters. The van der Waals surface area contributed by atoms with Crippen LogP contribution in [0.2, 0.25) is 0 Å². The first-order valence-corrected chi connectivity index (χ1v) is 3.16. The fraction of sp³-hybridized carbons (Fsp3) is 0. The zero-order valence-electron chi connectivity index (χ0n) is 2.38. The van der Waals surface area contributed by atoms with Gasteiger partial charge in [0.2, 0.25) is 0 Å². The summed E-state index contributed by atoms with van der Waals surface area (Å²) in [7, 11) is 0. The van der Waals surface area contributed by atoms with Gasteiger partial charge in [0.25, 0.3) is 0 Å². The average molecular weight is 278 g/mol. The maximum atomic E-state index is 8.38. The van der Waals surface area contributed by atoms with E-state index in [1.165, 1.54) is 0 Å². The SMILES string of the molecule is [O-2].[O]=[In+].[O]=[In+]. The zero-order chi connectivity index (χ0) is 4.00. The molecular weight excluding hydrogens is 278 g/mol. The van der Waals surface area contributed by atoms with E-state index in [0.29, 0.717) is 0 Å². The van der Waals surface area contributed by atoms with Crippen molar-refractivity contribution in [2.45, 2.75) is 0 Å². The second kappa shape index (κ2) is 58.0. The molecule has 3 nitrogen and oxygen atoms in total. The Morgan fingerprint density at radius 1 is 0.800 bits per heavy atom. The monoisotopic (exact) mass is 278 g/mol. The molecule has 0 rings (SSSR count). The Balaban J connectivity index is -0.0000000133. The Bertz CT molecular complexity index is 6.85. The summed E-state index contributed by atoms with van der Waals surface area (Å²) in [6.45, 7) is 0. The van der Waals surface area contributed by atoms with E-state index in [2.05, 4.69) is 0 Å². The van der Waals surface area contributed by atoms with Crippen molar-refractivity contribution in [1.29, 1.82) is 0 Å². The Morgan fingerprint density at radius 2 is 0.800 bits per heavy atom. The van der Waals surface area contributed by atoms with Gasteiger partial charge >= 0.3 is 54.5 Å². The molecule has 0 aromatic rings. The fourth-order valence-electron chi connectivity index (χ4n) is 0. The minimum absolute atomic E-state index is 0. The van der Waals surface area contributed by atoms with Gasteiger partial charge in [0.05, 0.1) is 0 Å². The average Bonchev–Trinajstić information content (AvgIpc) is 1.50. The van der Waals surface area contributed by atoms with Gasteiger partial charge in [-0.3, -0.25) is 0 Å². The molecule has 0 aromatic heterocycles. The van der Waals surface area contributed by atoms with Crippen LogP contribution in [0.1, 0.15) is 0 Å². The molecule has 0 amide bonds. The van der Waals surface area contributed by atoms with Crippen LogP contribution in [0.25, 0.3) is 0 Å². The molecule has 0 aromatic carbocycles. The number of hydrogen-bond donors (Lipinski definition) is 0. The van der Waals surface area contributed by atoms with E-state index in [4.69, 9.17) is 5.71 Å². The summed E-state index contributed by atoms with van der Waals surface area (Å²) in [4.78, 5) is 0. The Labute approximate surface area is 59.5 Å². The van der Waals surface area contributed by atoms with Gasteiger partial charge in [0.1, 0.15) is 0 Å². The van der Waals surface area contributed by atoms with Gasteiger partial charge in [-0.1, -0.05) is 0 Å². The van der Waals surface area contributed by atoms with Gasteiger partial charge in [-0.25, -0.2) is 0 Å². The van der Waals surface area contributed by atoms with Crippen molar-refractivity contribution >= 4 is 48.8 Å². The minimum atomic E-state index is 0. The van der Waals surface area contributed by atoms with Crippen molar-refractivity contribution in [3.63, 3.8) is 0 Å². The maximum absolute atomic E-state index is 8.38. The van der Waals surface area contributed by atoms with Crippen LogP contribution in [0.3, 0.4) is 0 Å². The van der Waals surface area contributed by atoms with Crippen LogP contribution in [-0.2, 0) is 11.2 Å². The summed E-state index contributed by atoms with van der Waals surface area (Å²) >= 11 is 0.200. The summed E-state index contributed by atoms with van der Waals surface area (Å²) in [5.74, 6) is 0.